The summed E-state index contributed by atoms with van der Waals surface area (Å²) in [5, 5.41) is 0. The standard InChI is InChI=1S/C14H6F6O2/c15-7-1-3-9(12(17)5-7)13(21)22-8-2-4-11(16)10(6-8)14(18,19)20/h1-6H. The SMILES string of the molecule is O=C(Oc1ccc(F)c(C(F)(F)F)c1)c1ccc(F)cc1F. The van der Waals surface area contributed by atoms with Crippen molar-refractivity contribution in [3.63, 3.8) is 0 Å². The zero-order valence-electron chi connectivity index (χ0n) is 10.5. The number of carbonyl (C=O) groups is 1. The number of hydrogen-bond acceptors (Lipinski definition) is 2. The minimum atomic E-state index is -4.98. The van der Waals surface area contributed by atoms with Crippen LogP contribution in [0.5, 0.6) is 5.75 Å². The van der Waals surface area contributed by atoms with Gasteiger partial charge in [0.1, 0.15) is 23.2 Å². The third kappa shape index (κ3) is 3.38. The highest BCUT2D eigenvalue weighted by molar-refractivity contribution is 5.91. The second kappa shape index (κ2) is 5.70. The van der Waals surface area contributed by atoms with Crippen molar-refractivity contribution in [2.45, 2.75) is 6.18 Å². The number of alkyl halides is 3. The van der Waals surface area contributed by atoms with Gasteiger partial charge in [0.15, 0.2) is 0 Å². The van der Waals surface area contributed by atoms with Crippen molar-refractivity contribution >= 4 is 5.97 Å². The predicted molar refractivity (Wildman–Crippen MR) is 62.7 cm³/mol. The van der Waals surface area contributed by atoms with E-state index in [0.717, 1.165) is 18.2 Å². The van der Waals surface area contributed by atoms with Crippen LogP contribution in [0.2, 0.25) is 0 Å². The highest BCUT2D eigenvalue weighted by atomic mass is 19.4. The van der Waals surface area contributed by atoms with Crippen molar-refractivity contribution in [1.82, 2.24) is 0 Å². The molecule has 2 aromatic carbocycles. The molecule has 0 spiro atoms. The summed E-state index contributed by atoms with van der Waals surface area (Å²) in [6.07, 6.45) is -4.98. The fourth-order valence-electron chi connectivity index (χ4n) is 1.60. The van der Waals surface area contributed by atoms with Crippen molar-refractivity contribution in [2.75, 3.05) is 0 Å². The third-order valence-electron chi connectivity index (χ3n) is 2.60. The number of esters is 1. The largest absolute Gasteiger partial charge is 0.423 e. The number of carbonyl (C=O) groups excluding carboxylic acids is 1. The van der Waals surface area contributed by atoms with E-state index < -0.39 is 46.5 Å². The molecule has 0 bridgehead atoms. The van der Waals surface area contributed by atoms with E-state index >= 15 is 0 Å². The van der Waals surface area contributed by atoms with Gasteiger partial charge >= 0.3 is 12.1 Å². The van der Waals surface area contributed by atoms with Gasteiger partial charge in [-0.1, -0.05) is 0 Å². The van der Waals surface area contributed by atoms with Gasteiger partial charge in [0.25, 0.3) is 0 Å². The summed E-state index contributed by atoms with van der Waals surface area (Å²) >= 11 is 0. The molecule has 0 atom stereocenters. The molecule has 2 rings (SSSR count). The number of rotatable bonds is 2. The fourth-order valence-corrected chi connectivity index (χ4v) is 1.60. The Labute approximate surface area is 119 Å². The minimum Gasteiger partial charge on any atom is -0.423 e. The summed E-state index contributed by atoms with van der Waals surface area (Å²) < 4.78 is 81.2. The van der Waals surface area contributed by atoms with Crippen molar-refractivity contribution in [3.8, 4) is 5.75 Å². The smallest absolute Gasteiger partial charge is 0.419 e. The predicted octanol–water partition coefficient (Wildman–Crippen LogP) is 4.34. The molecule has 0 saturated heterocycles. The lowest BCUT2D eigenvalue weighted by molar-refractivity contribution is -0.140. The molecular weight excluding hydrogens is 314 g/mol. The Morgan fingerprint density at radius 1 is 0.909 bits per heavy atom. The molecule has 0 heterocycles. The van der Waals surface area contributed by atoms with Gasteiger partial charge in [-0.25, -0.2) is 18.0 Å². The van der Waals surface area contributed by atoms with Crippen LogP contribution >= 0.6 is 0 Å². The molecule has 0 unspecified atom stereocenters. The lowest BCUT2D eigenvalue weighted by Crippen LogP contribution is -2.13. The van der Waals surface area contributed by atoms with Gasteiger partial charge in [0.05, 0.1) is 11.1 Å². The first-order valence-corrected chi connectivity index (χ1v) is 5.72. The molecule has 0 N–H and O–H groups in total. The topological polar surface area (TPSA) is 26.3 Å². The summed E-state index contributed by atoms with van der Waals surface area (Å²) in [4.78, 5) is 11.6. The van der Waals surface area contributed by atoms with Gasteiger partial charge in [0, 0.05) is 6.07 Å². The quantitative estimate of drug-likeness (QED) is 0.467. The number of benzene rings is 2. The van der Waals surface area contributed by atoms with Gasteiger partial charge in [-0.2, -0.15) is 13.2 Å². The van der Waals surface area contributed by atoms with Gasteiger partial charge < -0.3 is 4.74 Å². The lowest BCUT2D eigenvalue weighted by atomic mass is 10.2. The lowest BCUT2D eigenvalue weighted by Gasteiger charge is -2.10. The van der Waals surface area contributed by atoms with E-state index in [4.69, 9.17) is 0 Å². The number of ether oxygens (including phenoxy) is 1. The monoisotopic (exact) mass is 320 g/mol. The molecule has 0 aliphatic heterocycles. The molecule has 116 valence electrons. The van der Waals surface area contributed by atoms with Crippen molar-refractivity contribution in [2.24, 2.45) is 0 Å². The van der Waals surface area contributed by atoms with Crippen LogP contribution in [-0.4, -0.2) is 5.97 Å². The molecule has 0 aliphatic carbocycles. The molecule has 2 aromatic rings. The van der Waals surface area contributed by atoms with Crippen molar-refractivity contribution in [3.05, 3.63) is 65.0 Å². The average molecular weight is 320 g/mol. The van der Waals surface area contributed by atoms with Crippen LogP contribution in [0.1, 0.15) is 15.9 Å². The molecule has 0 fully saturated rings. The second-order valence-corrected chi connectivity index (χ2v) is 4.15. The molecule has 2 nitrogen and oxygen atoms in total. The molecule has 0 aromatic heterocycles. The average Bonchev–Trinajstić information content (AvgIpc) is 2.39. The maximum atomic E-state index is 13.4. The Bertz CT molecular complexity index is 724. The Hall–Kier alpha value is -2.51. The minimum absolute atomic E-state index is 0.272. The zero-order valence-corrected chi connectivity index (χ0v) is 10.5. The van der Waals surface area contributed by atoms with E-state index in [1.165, 1.54) is 0 Å². The Morgan fingerprint density at radius 3 is 2.18 bits per heavy atom. The van der Waals surface area contributed by atoms with Crippen LogP contribution in [0, 0.1) is 17.5 Å². The van der Waals surface area contributed by atoms with Crippen LogP contribution in [0.4, 0.5) is 26.3 Å². The normalized spacial score (nSPS) is 11.4. The van der Waals surface area contributed by atoms with Crippen LogP contribution in [0.3, 0.4) is 0 Å². The van der Waals surface area contributed by atoms with E-state index in [1.807, 2.05) is 0 Å². The molecule has 0 amide bonds. The summed E-state index contributed by atoms with van der Waals surface area (Å²) in [5.74, 6) is -5.67. The Kier molecular flexibility index (Phi) is 4.11. The molecule has 0 aliphatic rings. The summed E-state index contributed by atoms with van der Waals surface area (Å²) in [6, 6.07) is 3.50. The van der Waals surface area contributed by atoms with Crippen LogP contribution in [0.25, 0.3) is 0 Å². The highest BCUT2D eigenvalue weighted by Crippen LogP contribution is 2.33. The summed E-state index contributed by atoms with van der Waals surface area (Å²) in [6.45, 7) is 0. The third-order valence-corrected chi connectivity index (χ3v) is 2.60. The van der Waals surface area contributed by atoms with Gasteiger partial charge in [0.2, 0.25) is 0 Å². The van der Waals surface area contributed by atoms with E-state index in [1.54, 1.807) is 0 Å². The van der Waals surface area contributed by atoms with Gasteiger partial charge in [-0.15, -0.1) is 0 Å². The Morgan fingerprint density at radius 2 is 1.59 bits per heavy atom. The maximum absolute atomic E-state index is 13.4. The first kappa shape index (κ1) is 15.9. The first-order chi connectivity index (χ1) is 10.2. The van der Waals surface area contributed by atoms with Crippen LogP contribution in [-0.2, 0) is 6.18 Å². The van der Waals surface area contributed by atoms with E-state index in [0.29, 0.717) is 12.1 Å². The molecule has 8 heteroatoms. The van der Waals surface area contributed by atoms with Gasteiger partial charge in [-0.05, 0) is 30.3 Å². The molecule has 0 saturated carbocycles. The molecule has 0 radical (unpaired) electrons. The van der Waals surface area contributed by atoms with Crippen molar-refractivity contribution in [1.29, 1.82) is 0 Å². The highest BCUT2D eigenvalue weighted by Gasteiger charge is 2.34. The number of hydrogen-bond donors (Lipinski definition) is 0. The molecule has 22 heavy (non-hydrogen) atoms. The zero-order chi connectivity index (χ0) is 16.5. The van der Waals surface area contributed by atoms with Crippen LogP contribution in [0.15, 0.2) is 36.4 Å². The van der Waals surface area contributed by atoms with E-state index in [2.05, 4.69) is 4.74 Å². The van der Waals surface area contributed by atoms with Crippen LogP contribution < -0.4 is 4.74 Å². The summed E-state index contributed by atoms with van der Waals surface area (Å²) in [7, 11) is 0. The maximum Gasteiger partial charge on any atom is 0.419 e. The number of halogens is 6. The summed E-state index contributed by atoms with van der Waals surface area (Å²) in [5.41, 5.74) is -2.29. The fraction of sp³-hybridized carbons (Fsp3) is 0.0714. The van der Waals surface area contributed by atoms with E-state index in [-0.39, 0.29) is 6.07 Å². The van der Waals surface area contributed by atoms with Crippen molar-refractivity contribution < 1.29 is 35.9 Å². The Balaban J connectivity index is 2.29. The first-order valence-electron chi connectivity index (χ1n) is 5.72. The molecular formula is C14H6F6O2. The van der Waals surface area contributed by atoms with E-state index in [9.17, 15) is 31.1 Å². The second-order valence-electron chi connectivity index (χ2n) is 4.15. The van der Waals surface area contributed by atoms with Gasteiger partial charge in [-0.3, -0.25) is 0 Å².